The molecule has 3 nitrogen and oxygen atoms in total. The topological polar surface area (TPSA) is 55.1 Å². The molecule has 1 amide bonds. The van der Waals surface area contributed by atoms with E-state index in [1.165, 1.54) is 29.5 Å². The molecule has 0 bridgehead atoms. The molecule has 1 heterocycles. The highest BCUT2D eigenvalue weighted by molar-refractivity contribution is 7.12. The van der Waals surface area contributed by atoms with Crippen molar-refractivity contribution in [3.8, 4) is 11.8 Å². The first kappa shape index (κ1) is 14.5. The number of amides is 1. The summed E-state index contributed by atoms with van der Waals surface area (Å²) in [6.07, 6.45) is 0. The molecule has 6 heteroatoms. The van der Waals surface area contributed by atoms with Crippen molar-refractivity contribution in [2.75, 3.05) is 11.9 Å². The predicted molar refractivity (Wildman–Crippen MR) is 79.6 cm³/mol. The summed E-state index contributed by atoms with van der Waals surface area (Å²) >= 11 is 6.99. The Morgan fingerprint density at radius 2 is 2.25 bits per heavy atom. The maximum absolute atomic E-state index is 13.2. The molecule has 1 aromatic carbocycles. The molecule has 0 fully saturated rings. The summed E-state index contributed by atoms with van der Waals surface area (Å²) in [6, 6.07) is 5.57. The van der Waals surface area contributed by atoms with Crippen LogP contribution < -0.4 is 11.1 Å². The second kappa shape index (κ2) is 6.53. The Morgan fingerprint density at radius 3 is 2.95 bits per heavy atom. The molecule has 0 atom stereocenters. The molecule has 2 rings (SSSR count). The van der Waals surface area contributed by atoms with Gasteiger partial charge in [0.25, 0.3) is 5.91 Å². The van der Waals surface area contributed by atoms with Crippen LogP contribution in [0.15, 0.2) is 29.6 Å². The molecule has 0 aliphatic heterocycles. The molecule has 0 spiro atoms. The van der Waals surface area contributed by atoms with Gasteiger partial charge in [0.05, 0.1) is 6.54 Å². The van der Waals surface area contributed by atoms with E-state index in [0.717, 1.165) is 0 Å². The number of thiophene rings is 1. The zero-order valence-electron chi connectivity index (χ0n) is 10.2. The van der Waals surface area contributed by atoms with Gasteiger partial charge in [-0.3, -0.25) is 4.79 Å². The number of carbonyl (C=O) groups is 1. The van der Waals surface area contributed by atoms with Gasteiger partial charge in [0, 0.05) is 16.3 Å². The summed E-state index contributed by atoms with van der Waals surface area (Å²) in [5.74, 6) is 4.64. The number of nitrogens with two attached hydrogens (primary N) is 1. The quantitative estimate of drug-likeness (QED) is 0.838. The third-order valence-electron chi connectivity index (χ3n) is 2.32. The van der Waals surface area contributed by atoms with Gasteiger partial charge < -0.3 is 11.1 Å². The lowest BCUT2D eigenvalue weighted by atomic mass is 10.2. The van der Waals surface area contributed by atoms with E-state index < -0.39 is 5.82 Å². The van der Waals surface area contributed by atoms with E-state index in [1.54, 1.807) is 11.4 Å². The second-order valence-electron chi connectivity index (χ2n) is 3.78. The largest absolute Gasteiger partial charge is 0.321 e. The number of benzene rings is 1. The number of hydrogen-bond donors (Lipinski definition) is 2. The molecule has 3 N–H and O–H groups in total. The zero-order valence-corrected chi connectivity index (χ0v) is 11.8. The van der Waals surface area contributed by atoms with Crippen LogP contribution in [-0.4, -0.2) is 12.5 Å². The van der Waals surface area contributed by atoms with E-state index in [2.05, 4.69) is 17.2 Å². The Labute approximate surface area is 124 Å². The summed E-state index contributed by atoms with van der Waals surface area (Å²) < 4.78 is 13.2. The average Bonchev–Trinajstić information content (AvgIpc) is 2.83. The predicted octanol–water partition coefficient (Wildman–Crippen LogP) is 3.10. The average molecular weight is 309 g/mol. The SMILES string of the molecule is NCC#Cc1ccsc1C(=O)Nc1cc(F)cc(Cl)c1. The van der Waals surface area contributed by atoms with Crippen molar-refractivity contribution in [2.24, 2.45) is 5.73 Å². The number of nitrogens with one attached hydrogen (secondary N) is 1. The molecule has 0 radical (unpaired) electrons. The van der Waals surface area contributed by atoms with Gasteiger partial charge in [-0.05, 0) is 29.6 Å². The highest BCUT2D eigenvalue weighted by Crippen LogP contribution is 2.21. The number of rotatable bonds is 2. The highest BCUT2D eigenvalue weighted by atomic mass is 35.5. The van der Waals surface area contributed by atoms with E-state index in [9.17, 15) is 9.18 Å². The maximum Gasteiger partial charge on any atom is 0.267 e. The lowest BCUT2D eigenvalue weighted by Gasteiger charge is -2.05. The van der Waals surface area contributed by atoms with Crippen LogP contribution in [0.3, 0.4) is 0 Å². The van der Waals surface area contributed by atoms with Crippen LogP contribution in [0.1, 0.15) is 15.2 Å². The van der Waals surface area contributed by atoms with Crippen LogP contribution in [0.5, 0.6) is 0 Å². The van der Waals surface area contributed by atoms with Crippen molar-refractivity contribution in [1.29, 1.82) is 0 Å². The van der Waals surface area contributed by atoms with Crippen molar-refractivity contribution < 1.29 is 9.18 Å². The first-order chi connectivity index (χ1) is 9.60. The van der Waals surface area contributed by atoms with E-state index >= 15 is 0 Å². The number of anilines is 1. The van der Waals surface area contributed by atoms with E-state index in [4.69, 9.17) is 17.3 Å². The first-order valence-corrected chi connectivity index (χ1v) is 6.90. The van der Waals surface area contributed by atoms with Gasteiger partial charge in [-0.1, -0.05) is 23.4 Å². The van der Waals surface area contributed by atoms with Gasteiger partial charge in [-0.25, -0.2) is 4.39 Å². The maximum atomic E-state index is 13.2. The number of hydrogen-bond acceptors (Lipinski definition) is 3. The van der Waals surface area contributed by atoms with Crippen molar-refractivity contribution in [2.45, 2.75) is 0 Å². The van der Waals surface area contributed by atoms with Crippen LogP contribution in [0, 0.1) is 17.7 Å². The Morgan fingerprint density at radius 1 is 1.45 bits per heavy atom. The number of halogens is 2. The molecule has 0 unspecified atom stereocenters. The Balaban J connectivity index is 2.22. The molecule has 2 aromatic rings. The van der Waals surface area contributed by atoms with Gasteiger partial charge in [0.2, 0.25) is 0 Å². The molecule has 0 saturated heterocycles. The second-order valence-corrected chi connectivity index (χ2v) is 5.13. The Bertz CT molecular complexity index is 682. The number of carbonyl (C=O) groups excluding carboxylic acids is 1. The molecule has 20 heavy (non-hydrogen) atoms. The van der Waals surface area contributed by atoms with Gasteiger partial charge in [-0.2, -0.15) is 0 Å². The third-order valence-corrected chi connectivity index (χ3v) is 3.45. The molecule has 0 aliphatic carbocycles. The van der Waals surface area contributed by atoms with Crippen molar-refractivity contribution in [3.63, 3.8) is 0 Å². The highest BCUT2D eigenvalue weighted by Gasteiger charge is 2.13. The summed E-state index contributed by atoms with van der Waals surface area (Å²) in [6.45, 7) is 0.219. The van der Waals surface area contributed by atoms with Gasteiger partial charge in [0.1, 0.15) is 10.7 Å². The standard InChI is InChI=1S/C14H10ClFN2OS/c15-10-6-11(16)8-12(7-10)18-14(19)13-9(2-1-4-17)3-5-20-13/h3,5-8H,4,17H2,(H,18,19). The minimum Gasteiger partial charge on any atom is -0.321 e. The molecular weight excluding hydrogens is 299 g/mol. The van der Waals surface area contributed by atoms with E-state index in [1.807, 2.05) is 0 Å². The fraction of sp³-hybridized carbons (Fsp3) is 0.0714. The minimum atomic E-state index is -0.512. The first-order valence-electron chi connectivity index (χ1n) is 5.64. The summed E-state index contributed by atoms with van der Waals surface area (Å²) in [4.78, 5) is 12.6. The van der Waals surface area contributed by atoms with Crippen LogP contribution >= 0.6 is 22.9 Å². The monoisotopic (exact) mass is 308 g/mol. The van der Waals surface area contributed by atoms with Gasteiger partial charge in [0.15, 0.2) is 0 Å². The van der Waals surface area contributed by atoms with Crippen LogP contribution in [0.4, 0.5) is 10.1 Å². The third kappa shape index (κ3) is 3.58. The molecule has 102 valence electrons. The summed E-state index contributed by atoms with van der Waals surface area (Å²) in [7, 11) is 0. The smallest absolute Gasteiger partial charge is 0.267 e. The molecule has 0 aliphatic rings. The molecule has 0 saturated carbocycles. The van der Waals surface area contributed by atoms with Crippen LogP contribution in [-0.2, 0) is 0 Å². The lowest BCUT2D eigenvalue weighted by molar-refractivity contribution is 0.103. The minimum absolute atomic E-state index is 0.217. The lowest BCUT2D eigenvalue weighted by Crippen LogP contribution is -2.11. The summed E-state index contributed by atoms with van der Waals surface area (Å²) in [5, 5.41) is 4.57. The summed E-state index contributed by atoms with van der Waals surface area (Å²) in [5.41, 5.74) is 6.20. The van der Waals surface area contributed by atoms with Gasteiger partial charge in [-0.15, -0.1) is 11.3 Å². The van der Waals surface area contributed by atoms with Crippen molar-refractivity contribution in [1.82, 2.24) is 0 Å². The molecule has 1 aromatic heterocycles. The fourth-order valence-electron chi connectivity index (χ4n) is 1.54. The van der Waals surface area contributed by atoms with E-state index in [0.29, 0.717) is 16.1 Å². The fourth-order valence-corrected chi connectivity index (χ4v) is 2.51. The molecular formula is C14H10ClFN2OS. The Hall–Kier alpha value is -1.87. The normalized spacial score (nSPS) is 9.75. The Kier molecular flexibility index (Phi) is 4.74. The van der Waals surface area contributed by atoms with Crippen molar-refractivity contribution in [3.05, 3.63) is 50.9 Å². The van der Waals surface area contributed by atoms with Gasteiger partial charge >= 0.3 is 0 Å². The van der Waals surface area contributed by atoms with E-state index in [-0.39, 0.29) is 17.5 Å². The van der Waals surface area contributed by atoms with Crippen LogP contribution in [0.2, 0.25) is 5.02 Å². The van der Waals surface area contributed by atoms with Crippen LogP contribution in [0.25, 0.3) is 0 Å². The zero-order chi connectivity index (χ0) is 14.5. The van der Waals surface area contributed by atoms with Crippen molar-refractivity contribution >= 4 is 34.5 Å².